The van der Waals surface area contributed by atoms with Crippen LogP contribution in [0, 0.1) is 0 Å². The van der Waals surface area contributed by atoms with Crippen molar-refractivity contribution in [1.82, 2.24) is 0 Å². The quantitative estimate of drug-likeness (QED) is 0.323. The molecule has 0 bridgehead atoms. The zero-order valence-electron chi connectivity index (χ0n) is 12.2. The summed E-state index contributed by atoms with van der Waals surface area (Å²) in [7, 11) is 0. The van der Waals surface area contributed by atoms with Crippen LogP contribution >= 0.6 is 0 Å². The van der Waals surface area contributed by atoms with Crippen molar-refractivity contribution >= 4 is 21.5 Å². The number of hydrogen-bond donors (Lipinski definition) is 0. The molecule has 0 N–H and O–H groups in total. The molecule has 0 saturated carbocycles. The van der Waals surface area contributed by atoms with Gasteiger partial charge in [0, 0.05) is 0 Å². The number of rotatable bonds is 0. The molecule has 0 aliphatic heterocycles. The summed E-state index contributed by atoms with van der Waals surface area (Å²) in [5.41, 5.74) is 8.99. The summed E-state index contributed by atoms with van der Waals surface area (Å²) in [6, 6.07) is 22.8. The van der Waals surface area contributed by atoms with Gasteiger partial charge in [-0.1, -0.05) is 54.6 Å². The first-order chi connectivity index (χ1) is 10.9. The summed E-state index contributed by atoms with van der Waals surface area (Å²) in [4.78, 5) is 0. The fourth-order valence-corrected chi connectivity index (χ4v) is 4.61. The lowest BCUT2D eigenvalue weighted by Crippen LogP contribution is -2.09. The van der Waals surface area contributed by atoms with Crippen LogP contribution in [0.1, 0.15) is 22.3 Å². The first-order valence-electron chi connectivity index (χ1n) is 7.97. The smallest absolute Gasteiger partial charge is 0.00131 e. The summed E-state index contributed by atoms with van der Waals surface area (Å²) in [6.45, 7) is 0. The molecule has 0 radical (unpaired) electrons. The SMILES string of the molecule is c1cc2c3c(c1)Cc1cccc4cc5cccc(c5c-3c14)C2. The van der Waals surface area contributed by atoms with Crippen molar-refractivity contribution in [1.29, 1.82) is 0 Å². The minimum atomic E-state index is 1.07. The Hall–Kier alpha value is -2.60. The molecule has 2 aliphatic rings. The molecule has 0 saturated heterocycles. The summed E-state index contributed by atoms with van der Waals surface area (Å²) in [5.74, 6) is 0. The van der Waals surface area contributed by atoms with E-state index in [4.69, 9.17) is 0 Å². The molecule has 2 aliphatic carbocycles. The monoisotopic (exact) mass is 278 g/mol. The fraction of sp³-hybridized carbons (Fsp3) is 0.0909. The van der Waals surface area contributed by atoms with Gasteiger partial charge in [-0.05, 0) is 73.8 Å². The molecule has 0 heteroatoms. The van der Waals surface area contributed by atoms with Gasteiger partial charge in [0.1, 0.15) is 0 Å². The van der Waals surface area contributed by atoms with Crippen LogP contribution < -0.4 is 0 Å². The van der Waals surface area contributed by atoms with E-state index in [0.29, 0.717) is 0 Å². The molecule has 0 spiro atoms. The Balaban J connectivity index is 2.01. The number of hydrogen-bond acceptors (Lipinski definition) is 0. The molecule has 0 atom stereocenters. The Labute approximate surface area is 129 Å². The van der Waals surface area contributed by atoms with Crippen molar-refractivity contribution in [3.05, 3.63) is 82.9 Å². The van der Waals surface area contributed by atoms with Crippen molar-refractivity contribution < 1.29 is 0 Å². The molecule has 4 aromatic rings. The maximum Gasteiger partial charge on any atom is -0.00131 e. The van der Waals surface area contributed by atoms with Crippen LogP contribution in [-0.4, -0.2) is 0 Å². The molecular weight excluding hydrogens is 264 g/mol. The lowest BCUT2D eigenvalue weighted by atomic mass is 9.74. The minimum absolute atomic E-state index is 1.07. The van der Waals surface area contributed by atoms with Gasteiger partial charge in [-0.25, -0.2) is 0 Å². The molecule has 0 heterocycles. The zero-order valence-corrected chi connectivity index (χ0v) is 12.2. The minimum Gasteiger partial charge on any atom is -0.0617 e. The van der Waals surface area contributed by atoms with Crippen molar-refractivity contribution in [2.24, 2.45) is 0 Å². The van der Waals surface area contributed by atoms with Gasteiger partial charge >= 0.3 is 0 Å². The summed E-state index contributed by atoms with van der Waals surface area (Å²) < 4.78 is 0. The average Bonchev–Trinajstić information content (AvgIpc) is 2.55. The van der Waals surface area contributed by atoms with E-state index in [1.54, 1.807) is 0 Å². The average molecular weight is 278 g/mol. The van der Waals surface area contributed by atoms with Crippen molar-refractivity contribution in [2.45, 2.75) is 12.8 Å². The van der Waals surface area contributed by atoms with Gasteiger partial charge in [0.15, 0.2) is 0 Å². The van der Waals surface area contributed by atoms with Crippen LogP contribution in [0.4, 0.5) is 0 Å². The third kappa shape index (κ3) is 1.16. The maximum absolute atomic E-state index is 2.38. The Morgan fingerprint density at radius 1 is 0.500 bits per heavy atom. The van der Waals surface area contributed by atoms with E-state index in [1.165, 1.54) is 54.9 Å². The van der Waals surface area contributed by atoms with Gasteiger partial charge < -0.3 is 0 Å². The Morgan fingerprint density at radius 2 is 1.00 bits per heavy atom. The number of benzene rings is 4. The predicted molar refractivity (Wildman–Crippen MR) is 92.5 cm³/mol. The second-order valence-corrected chi connectivity index (χ2v) is 6.59. The molecular formula is C22H14. The molecule has 0 amide bonds. The third-order valence-electron chi connectivity index (χ3n) is 5.43. The van der Waals surface area contributed by atoms with E-state index in [-0.39, 0.29) is 0 Å². The van der Waals surface area contributed by atoms with Crippen LogP contribution in [0.15, 0.2) is 60.7 Å². The Kier molecular flexibility index (Phi) is 1.80. The Bertz CT molecular complexity index is 1030. The van der Waals surface area contributed by atoms with E-state index in [9.17, 15) is 0 Å². The molecule has 0 nitrogen and oxygen atoms in total. The van der Waals surface area contributed by atoms with Crippen LogP contribution in [0.5, 0.6) is 0 Å². The topological polar surface area (TPSA) is 0 Å². The standard InChI is InChI=1S/C22H14/c1-4-13-10-15-6-2-8-17-12-18-9-3-7-16-11-14(5-1)19(13)22(20(15)17)21(16)18/h1-10H,11-12H2. The van der Waals surface area contributed by atoms with Gasteiger partial charge in [0.05, 0.1) is 0 Å². The van der Waals surface area contributed by atoms with E-state index in [1.807, 2.05) is 0 Å². The van der Waals surface area contributed by atoms with E-state index in [2.05, 4.69) is 60.7 Å². The molecule has 22 heavy (non-hydrogen) atoms. The molecule has 0 aromatic heterocycles. The molecule has 0 fully saturated rings. The second kappa shape index (κ2) is 3.59. The second-order valence-electron chi connectivity index (χ2n) is 6.59. The third-order valence-corrected chi connectivity index (χ3v) is 5.43. The fourth-order valence-electron chi connectivity index (χ4n) is 4.61. The zero-order chi connectivity index (χ0) is 14.3. The summed E-state index contributed by atoms with van der Waals surface area (Å²) >= 11 is 0. The van der Waals surface area contributed by atoms with Gasteiger partial charge in [0.25, 0.3) is 0 Å². The normalized spacial score (nSPS) is 14.0. The maximum atomic E-state index is 2.38. The molecule has 0 unspecified atom stereocenters. The van der Waals surface area contributed by atoms with Gasteiger partial charge in [0.2, 0.25) is 0 Å². The van der Waals surface area contributed by atoms with Crippen LogP contribution in [0.2, 0.25) is 0 Å². The molecule has 6 rings (SSSR count). The van der Waals surface area contributed by atoms with E-state index in [0.717, 1.165) is 12.8 Å². The highest BCUT2D eigenvalue weighted by atomic mass is 14.3. The Morgan fingerprint density at radius 3 is 1.59 bits per heavy atom. The first-order valence-corrected chi connectivity index (χ1v) is 7.97. The molecule has 4 aromatic carbocycles. The molecule has 102 valence electrons. The summed E-state index contributed by atoms with van der Waals surface area (Å²) in [6.07, 6.45) is 2.14. The van der Waals surface area contributed by atoms with E-state index < -0.39 is 0 Å². The highest BCUT2D eigenvalue weighted by Crippen LogP contribution is 2.49. The predicted octanol–water partition coefficient (Wildman–Crippen LogP) is 5.47. The van der Waals surface area contributed by atoms with Gasteiger partial charge in [-0.15, -0.1) is 0 Å². The lowest BCUT2D eigenvalue weighted by molar-refractivity contribution is 1.13. The lowest BCUT2D eigenvalue weighted by Gasteiger charge is -2.29. The largest absolute Gasteiger partial charge is 0.0617 e. The van der Waals surface area contributed by atoms with E-state index >= 15 is 0 Å². The van der Waals surface area contributed by atoms with Crippen molar-refractivity contribution in [3.8, 4) is 11.1 Å². The van der Waals surface area contributed by atoms with Crippen LogP contribution in [0.25, 0.3) is 32.7 Å². The first kappa shape index (κ1) is 11.0. The highest BCUT2D eigenvalue weighted by Gasteiger charge is 2.27. The van der Waals surface area contributed by atoms with Crippen LogP contribution in [-0.2, 0) is 12.8 Å². The van der Waals surface area contributed by atoms with Crippen LogP contribution in [0.3, 0.4) is 0 Å². The highest BCUT2D eigenvalue weighted by molar-refractivity contribution is 6.17. The van der Waals surface area contributed by atoms with Crippen molar-refractivity contribution in [3.63, 3.8) is 0 Å². The van der Waals surface area contributed by atoms with Gasteiger partial charge in [-0.2, -0.15) is 0 Å². The van der Waals surface area contributed by atoms with Gasteiger partial charge in [-0.3, -0.25) is 0 Å². The summed E-state index contributed by atoms with van der Waals surface area (Å²) in [5, 5.41) is 5.75. The van der Waals surface area contributed by atoms with Crippen molar-refractivity contribution in [2.75, 3.05) is 0 Å².